The van der Waals surface area contributed by atoms with Crippen molar-refractivity contribution >= 4 is 23.7 Å². The maximum absolute atomic E-state index is 9.68. The van der Waals surface area contributed by atoms with Gasteiger partial charge in [0.1, 0.15) is 5.75 Å². The van der Waals surface area contributed by atoms with Gasteiger partial charge in [0.05, 0.1) is 0 Å². The zero-order valence-electron chi connectivity index (χ0n) is 12.9. The normalized spacial score (nSPS) is 18.3. The molecule has 2 nitrogen and oxygen atoms in total. The van der Waals surface area contributed by atoms with Crippen molar-refractivity contribution < 1.29 is 5.11 Å². The number of benzene rings is 1. The maximum atomic E-state index is 9.68. The van der Waals surface area contributed by atoms with Gasteiger partial charge < -0.3 is 10.4 Å². The highest BCUT2D eigenvalue weighted by molar-refractivity contribution is 7.10. The number of halogens is 1. The summed E-state index contributed by atoms with van der Waals surface area (Å²) >= 11 is 1.86. The molecular formula is C18H24ClNOS. The molecule has 3 rings (SSSR count). The number of aryl methyl sites for hydroxylation is 1. The fraction of sp³-hybridized carbons (Fsp3) is 0.444. The summed E-state index contributed by atoms with van der Waals surface area (Å²) in [6.45, 7) is 1.03. The molecule has 4 heteroatoms. The summed E-state index contributed by atoms with van der Waals surface area (Å²) in [6, 6.07) is 10.3. The van der Waals surface area contributed by atoms with Gasteiger partial charge in [0.25, 0.3) is 0 Å². The molecular weight excluding hydrogens is 314 g/mol. The van der Waals surface area contributed by atoms with Crippen LogP contribution in [0.15, 0.2) is 35.7 Å². The third-order valence-electron chi connectivity index (χ3n) is 4.53. The number of fused-ring (bicyclic) bond motifs is 1. The van der Waals surface area contributed by atoms with Crippen LogP contribution in [0.4, 0.5) is 0 Å². The van der Waals surface area contributed by atoms with Crippen LogP contribution in [0.3, 0.4) is 0 Å². The van der Waals surface area contributed by atoms with E-state index in [0.717, 1.165) is 13.0 Å². The van der Waals surface area contributed by atoms with Crippen LogP contribution < -0.4 is 5.32 Å². The van der Waals surface area contributed by atoms with E-state index < -0.39 is 0 Å². The van der Waals surface area contributed by atoms with Gasteiger partial charge in [-0.25, -0.2) is 0 Å². The summed E-state index contributed by atoms with van der Waals surface area (Å²) in [5, 5.41) is 15.2. The largest absolute Gasteiger partial charge is 0.508 e. The van der Waals surface area contributed by atoms with Crippen LogP contribution in [-0.4, -0.2) is 18.7 Å². The van der Waals surface area contributed by atoms with E-state index in [2.05, 4.69) is 28.9 Å². The Morgan fingerprint density at radius 3 is 2.95 bits per heavy atom. The molecule has 0 saturated carbocycles. The van der Waals surface area contributed by atoms with Crippen molar-refractivity contribution in [2.24, 2.45) is 0 Å². The Balaban J connectivity index is 0.00000176. The second-order valence-electron chi connectivity index (χ2n) is 5.98. The lowest BCUT2D eigenvalue weighted by molar-refractivity contribution is 0.454. The van der Waals surface area contributed by atoms with E-state index in [1.165, 1.54) is 35.3 Å². The first-order valence-corrected chi connectivity index (χ1v) is 8.65. The fourth-order valence-corrected chi connectivity index (χ4v) is 4.40. The number of aromatic hydroxyl groups is 1. The van der Waals surface area contributed by atoms with Gasteiger partial charge in [0.2, 0.25) is 0 Å². The molecule has 1 aromatic carbocycles. The molecule has 0 fully saturated rings. The van der Waals surface area contributed by atoms with Crippen molar-refractivity contribution in [2.75, 3.05) is 13.6 Å². The molecule has 22 heavy (non-hydrogen) atoms. The molecule has 0 saturated heterocycles. The van der Waals surface area contributed by atoms with Crippen molar-refractivity contribution in [2.45, 2.75) is 37.5 Å². The average molecular weight is 338 g/mol. The quantitative estimate of drug-likeness (QED) is 0.829. The third kappa shape index (κ3) is 3.83. The molecule has 1 aromatic heterocycles. The van der Waals surface area contributed by atoms with E-state index in [0.29, 0.717) is 17.6 Å². The summed E-state index contributed by atoms with van der Waals surface area (Å²) in [5.74, 6) is 1.61. The number of rotatable bonds is 5. The second-order valence-corrected chi connectivity index (χ2v) is 6.96. The molecule has 2 atom stereocenters. The number of likely N-dealkylation sites (N-methyl/N-ethyl adjacent to an activating group) is 1. The highest BCUT2D eigenvalue weighted by Crippen LogP contribution is 2.40. The zero-order valence-corrected chi connectivity index (χ0v) is 14.6. The van der Waals surface area contributed by atoms with Crippen molar-refractivity contribution in [3.8, 4) is 5.75 Å². The third-order valence-corrected chi connectivity index (χ3v) is 5.56. The Morgan fingerprint density at radius 1 is 1.36 bits per heavy atom. The summed E-state index contributed by atoms with van der Waals surface area (Å²) < 4.78 is 0. The lowest BCUT2D eigenvalue weighted by atomic mass is 9.78. The predicted molar refractivity (Wildman–Crippen MR) is 96.6 cm³/mol. The smallest absolute Gasteiger partial charge is 0.115 e. The second kappa shape index (κ2) is 8.00. The Morgan fingerprint density at radius 2 is 2.23 bits per heavy atom. The van der Waals surface area contributed by atoms with E-state index in [-0.39, 0.29) is 12.4 Å². The summed E-state index contributed by atoms with van der Waals surface area (Å²) in [5.41, 5.74) is 2.80. The standard InChI is InChI=1S/C18H23NOS.ClH/c1-19-12-15(18-6-3-9-21-18)10-13-4-2-5-14-11-16(20)7-8-17(13)14;/h3,6-9,11,13,15,19-20H,2,4-5,10,12H2,1H3;1H. The Bertz CT molecular complexity index is 585. The Hall–Kier alpha value is -1.03. The molecule has 2 N–H and O–H groups in total. The highest BCUT2D eigenvalue weighted by atomic mass is 35.5. The van der Waals surface area contributed by atoms with Gasteiger partial charge in [0.15, 0.2) is 0 Å². The van der Waals surface area contributed by atoms with Crippen LogP contribution in [0.1, 0.15) is 47.1 Å². The van der Waals surface area contributed by atoms with Gasteiger partial charge in [-0.2, -0.15) is 0 Å². The first-order valence-electron chi connectivity index (χ1n) is 7.77. The Labute approximate surface area is 143 Å². The number of hydrogen-bond donors (Lipinski definition) is 2. The van der Waals surface area contributed by atoms with Crippen LogP contribution in [0.25, 0.3) is 0 Å². The van der Waals surface area contributed by atoms with Crippen molar-refractivity contribution in [1.82, 2.24) is 5.32 Å². The number of phenolic OH excluding ortho intramolecular Hbond substituents is 1. The molecule has 0 spiro atoms. The van der Waals surface area contributed by atoms with Gasteiger partial charge in [-0.1, -0.05) is 12.1 Å². The number of phenols is 1. The number of nitrogens with one attached hydrogen (secondary N) is 1. The lowest BCUT2D eigenvalue weighted by Crippen LogP contribution is -2.20. The minimum Gasteiger partial charge on any atom is -0.508 e. The van der Waals surface area contributed by atoms with Crippen LogP contribution >= 0.6 is 23.7 Å². The van der Waals surface area contributed by atoms with Crippen LogP contribution in [-0.2, 0) is 6.42 Å². The van der Waals surface area contributed by atoms with E-state index in [4.69, 9.17) is 0 Å². The first-order chi connectivity index (χ1) is 10.3. The van der Waals surface area contributed by atoms with Gasteiger partial charge in [-0.15, -0.1) is 23.7 Å². The molecule has 0 bridgehead atoms. The van der Waals surface area contributed by atoms with E-state index >= 15 is 0 Å². The van der Waals surface area contributed by atoms with Crippen molar-refractivity contribution in [1.29, 1.82) is 0 Å². The lowest BCUT2D eigenvalue weighted by Gasteiger charge is -2.29. The summed E-state index contributed by atoms with van der Waals surface area (Å²) in [6.07, 6.45) is 4.80. The topological polar surface area (TPSA) is 32.3 Å². The maximum Gasteiger partial charge on any atom is 0.115 e. The molecule has 120 valence electrons. The number of thiophene rings is 1. The predicted octanol–water partition coefficient (Wildman–Crippen LogP) is 4.69. The van der Waals surface area contributed by atoms with E-state index in [1.807, 2.05) is 30.5 Å². The van der Waals surface area contributed by atoms with Crippen LogP contribution in [0.2, 0.25) is 0 Å². The van der Waals surface area contributed by atoms with Crippen LogP contribution in [0.5, 0.6) is 5.75 Å². The SMILES string of the molecule is CNCC(CC1CCCc2cc(O)ccc21)c1cccs1.Cl. The zero-order chi connectivity index (χ0) is 14.7. The minimum atomic E-state index is 0. The molecule has 0 amide bonds. The molecule has 1 aliphatic rings. The van der Waals surface area contributed by atoms with Crippen molar-refractivity contribution in [3.05, 3.63) is 51.7 Å². The summed E-state index contributed by atoms with van der Waals surface area (Å²) in [7, 11) is 2.04. The fourth-order valence-electron chi connectivity index (χ4n) is 3.56. The molecule has 0 radical (unpaired) electrons. The highest BCUT2D eigenvalue weighted by Gasteiger charge is 2.24. The average Bonchev–Trinajstić information content (AvgIpc) is 3.01. The van der Waals surface area contributed by atoms with Crippen LogP contribution in [0, 0.1) is 0 Å². The minimum absolute atomic E-state index is 0. The molecule has 2 unspecified atom stereocenters. The van der Waals surface area contributed by atoms with E-state index in [9.17, 15) is 5.11 Å². The van der Waals surface area contributed by atoms with Gasteiger partial charge in [-0.3, -0.25) is 0 Å². The number of hydrogen-bond acceptors (Lipinski definition) is 3. The van der Waals surface area contributed by atoms with E-state index in [1.54, 1.807) is 0 Å². The first kappa shape index (κ1) is 17.3. The van der Waals surface area contributed by atoms with Crippen molar-refractivity contribution in [3.63, 3.8) is 0 Å². The van der Waals surface area contributed by atoms with Gasteiger partial charge >= 0.3 is 0 Å². The molecule has 1 aliphatic carbocycles. The molecule has 1 heterocycles. The molecule has 2 aromatic rings. The monoisotopic (exact) mass is 337 g/mol. The van der Waals surface area contributed by atoms with Gasteiger partial charge in [-0.05, 0) is 73.4 Å². The summed E-state index contributed by atoms with van der Waals surface area (Å²) in [4.78, 5) is 1.48. The Kier molecular flexibility index (Phi) is 6.30. The molecule has 0 aliphatic heterocycles. The van der Waals surface area contributed by atoms with Gasteiger partial charge in [0, 0.05) is 17.3 Å².